The number of halogens is 3. The van der Waals surface area contributed by atoms with E-state index in [1.54, 1.807) is 12.1 Å². The van der Waals surface area contributed by atoms with Gasteiger partial charge in [-0.15, -0.1) is 0 Å². The minimum Gasteiger partial charge on any atom is -0.435 e. The summed E-state index contributed by atoms with van der Waals surface area (Å²) >= 11 is 0. The molecular formula is C21H17F3N2O4S. The van der Waals surface area contributed by atoms with Gasteiger partial charge in [0.2, 0.25) is 0 Å². The quantitative estimate of drug-likeness (QED) is 0.540. The van der Waals surface area contributed by atoms with Crippen LogP contribution in [-0.4, -0.2) is 20.9 Å². The molecule has 0 heterocycles. The molecule has 0 bridgehead atoms. The molecule has 0 radical (unpaired) electrons. The number of carbonyl (C=O) groups excluding carboxylic acids is 1. The zero-order valence-electron chi connectivity index (χ0n) is 15.9. The SMILES string of the molecule is O=C(NCc1ccc(OC(F)F)cc1)c1ccc(NS(=O)(=O)c2ccc(F)cc2)cc1. The number of alkyl halides is 2. The molecule has 162 valence electrons. The molecule has 0 aliphatic carbocycles. The minimum atomic E-state index is -3.90. The summed E-state index contributed by atoms with van der Waals surface area (Å²) < 4.78 is 68.5. The van der Waals surface area contributed by atoms with E-state index in [4.69, 9.17) is 0 Å². The van der Waals surface area contributed by atoms with E-state index in [0.717, 1.165) is 24.3 Å². The maximum absolute atomic E-state index is 13.0. The fourth-order valence-corrected chi connectivity index (χ4v) is 3.65. The second-order valence-corrected chi connectivity index (χ2v) is 8.02. The van der Waals surface area contributed by atoms with Crippen molar-refractivity contribution in [1.29, 1.82) is 0 Å². The Labute approximate surface area is 176 Å². The Kier molecular flexibility index (Phi) is 6.81. The lowest BCUT2D eigenvalue weighted by atomic mass is 10.2. The van der Waals surface area contributed by atoms with Crippen molar-refractivity contribution in [3.63, 3.8) is 0 Å². The number of rotatable bonds is 8. The molecule has 3 rings (SSSR count). The zero-order chi connectivity index (χ0) is 22.4. The van der Waals surface area contributed by atoms with E-state index in [0.29, 0.717) is 11.1 Å². The predicted molar refractivity (Wildman–Crippen MR) is 108 cm³/mol. The van der Waals surface area contributed by atoms with E-state index in [2.05, 4.69) is 14.8 Å². The third kappa shape index (κ3) is 6.22. The van der Waals surface area contributed by atoms with Crippen LogP contribution in [0.25, 0.3) is 0 Å². The Hall–Kier alpha value is -3.53. The summed E-state index contributed by atoms with van der Waals surface area (Å²) in [4.78, 5) is 12.2. The molecule has 0 unspecified atom stereocenters. The van der Waals surface area contributed by atoms with E-state index in [-0.39, 0.29) is 22.9 Å². The van der Waals surface area contributed by atoms with Gasteiger partial charge in [-0.3, -0.25) is 9.52 Å². The molecule has 0 fully saturated rings. The second kappa shape index (κ2) is 9.52. The number of benzene rings is 3. The van der Waals surface area contributed by atoms with Gasteiger partial charge in [0.15, 0.2) is 0 Å². The van der Waals surface area contributed by atoms with Crippen molar-refractivity contribution in [3.8, 4) is 5.75 Å². The first kappa shape index (κ1) is 22.2. The molecule has 0 aliphatic rings. The highest BCUT2D eigenvalue weighted by Gasteiger charge is 2.14. The first-order valence-electron chi connectivity index (χ1n) is 8.93. The smallest absolute Gasteiger partial charge is 0.387 e. The molecule has 0 saturated heterocycles. The molecular weight excluding hydrogens is 433 g/mol. The molecule has 0 spiro atoms. The van der Waals surface area contributed by atoms with Crippen molar-refractivity contribution in [3.05, 3.63) is 89.7 Å². The van der Waals surface area contributed by atoms with Crippen LogP contribution in [-0.2, 0) is 16.6 Å². The maximum Gasteiger partial charge on any atom is 0.387 e. The van der Waals surface area contributed by atoms with E-state index in [1.165, 1.54) is 36.4 Å². The first-order valence-corrected chi connectivity index (χ1v) is 10.4. The topological polar surface area (TPSA) is 84.5 Å². The Balaban J connectivity index is 1.58. The molecule has 0 saturated carbocycles. The molecule has 0 atom stereocenters. The van der Waals surface area contributed by atoms with Crippen molar-refractivity contribution in [1.82, 2.24) is 5.32 Å². The molecule has 0 aliphatic heterocycles. The van der Waals surface area contributed by atoms with Crippen LogP contribution in [0.5, 0.6) is 5.75 Å². The Morgan fingerprint density at radius 2 is 1.52 bits per heavy atom. The largest absolute Gasteiger partial charge is 0.435 e. The second-order valence-electron chi connectivity index (χ2n) is 6.34. The van der Waals surface area contributed by atoms with Crippen LogP contribution >= 0.6 is 0 Å². The Bertz CT molecular complexity index is 1130. The highest BCUT2D eigenvalue weighted by Crippen LogP contribution is 2.18. The maximum atomic E-state index is 13.0. The number of amides is 1. The lowest BCUT2D eigenvalue weighted by Crippen LogP contribution is -2.22. The summed E-state index contributed by atoms with van der Waals surface area (Å²) in [6, 6.07) is 15.9. The van der Waals surface area contributed by atoms with Crippen molar-refractivity contribution < 1.29 is 31.1 Å². The van der Waals surface area contributed by atoms with E-state index >= 15 is 0 Å². The standard InChI is InChI=1S/C21H17F3N2O4S/c22-16-5-11-19(12-6-16)31(28,29)26-17-7-3-15(4-8-17)20(27)25-13-14-1-9-18(10-2-14)30-21(23)24/h1-12,21,26H,13H2,(H,25,27). The van der Waals surface area contributed by atoms with Crippen molar-refractivity contribution in [2.75, 3.05) is 4.72 Å². The third-order valence-corrected chi connectivity index (χ3v) is 5.52. The van der Waals surface area contributed by atoms with Crippen LogP contribution in [0.15, 0.2) is 77.7 Å². The third-order valence-electron chi connectivity index (χ3n) is 4.12. The number of nitrogens with one attached hydrogen (secondary N) is 2. The minimum absolute atomic E-state index is 0.0174. The van der Waals surface area contributed by atoms with Crippen LogP contribution in [0.4, 0.5) is 18.9 Å². The molecule has 10 heteroatoms. The molecule has 2 N–H and O–H groups in total. The molecule has 6 nitrogen and oxygen atoms in total. The summed E-state index contributed by atoms with van der Waals surface area (Å²) in [5.74, 6) is -0.934. The number of ether oxygens (including phenoxy) is 1. The van der Waals surface area contributed by atoms with Gasteiger partial charge in [0.1, 0.15) is 11.6 Å². The number of sulfonamides is 1. The van der Waals surface area contributed by atoms with Gasteiger partial charge in [0.25, 0.3) is 15.9 Å². The Morgan fingerprint density at radius 3 is 2.10 bits per heavy atom. The van der Waals surface area contributed by atoms with E-state index in [1.807, 2.05) is 0 Å². The van der Waals surface area contributed by atoms with Gasteiger partial charge in [-0.05, 0) is 66.2 Å². The Morgan fingerprint density at radius 1 is 0.903 bits per heavy atom. The summed E-state index contributed by atoms with van der Waals surface area (Å²) in [7, 11) is -3.90. The van der Waals surface area contributed by atoms with Gasteiger partial charge < -0.3 is 10.1 Å². The van der Waals surface area contributed by atoms with Crippen LogP contribution in [0.2, 0.25) is 0 Å². The van der Waals surface area contributed by atoms with Gasteiger partial charge in [0.05, 0.1) is 4.90 Å². The van der Waals surface area contributed by atoms with Crippen LogP contribution in [0, 0.1) is 5.82 Å². The predicted octanol–water partition coefficient (Wildman–Crippen LogP) is 4.16. The average Bonchev–Trinajstić information content (AvgIpc) is 2.73. The summed E-state index contributed by atoms with van der Waals surface area (Å²) in [6.45, 7) is -2.75. The highest BCUT2D eigenvalue weighted by molar-refractivity contribution is 7.92. The number of anilines is 1. The molecule has 3 aromatic rings. The average molecular weight is 450 g/mol. The van der Waals surface area contributed by atoms with Gasteiger partial charge in [-0.25, -0.2) is 12.8 Å². The summed E-state index contributed by atoms with van der Waals surface area (Å²) in [5, 5.41) is 2.67. The highest BCUT2D eigenvalue weighted by atomic mass is 32.2. The zero-order valence-corrected chi connectivity index (χ0v) is 16.7. The van der Waals surface area contributed by atoms with Gasteiger partial charge in [-0.1, -0.05) is 12.1 Å². The van der Waals surface area contributed by atoms with Crippen LogP contribution in [0.1, 0.15) is 15.9 Å². The van der Waals surface area contributed by atoms with Crippen molar-refractivity contribution >= 4 is 21.6 Å². The van der Waals surface area contributed by atoms with E-state index in [9.17, 15) is 26.4 Å². The molecule has 3 aromatic carbocycles. The number of hydrogen-bond acceptors (Lipinski definition) is 4. The monoisotopic (exact) mass is 450 g/mol. The lowest BCUT2D eigenvalue weighted by Gasteiger charge is -2.10. The normalized spacial score (nSPS) is 11.2. The van der Waals surface area contributed by atoms with Gasteiger partial charge >= 0.3 is 6.61 Å². The van der Waals surface area contributed by atoms with Gasteiger partial charge in [-0.2, -0.15) is 8.78 Å². The number of hydrogen-bond donors (Lipinski definition) is 2. The van der Waals surface area contributed by atoms with Gasteiger partial charge in [0, 0.05) is 17.8 Å². The number of carbonyl (C=O) groups is 1. The summed E-state index contributed by atoms with van der Waals surface area (Å²) in [5.41, 5.74) is 1.21. The van der Waals surface area contributed by atoms with Crippen molar-refractivity contribution in [2.24, 2.45) is 0 Å². The van der Waals surface area contributed by atoms with Crippen LogP contribution in [0.3, 0.4) is 0 Å². The lowest BCUT2D eigenvalue weighted by molar-refractivity contribution is -0.0498. The van der Waals surface area contributed by atoms with Crippen LogP contribution < -0.4 is 14.8 Å². The molecule has 0 aromatic heterocycles. The first-order chi connectivity index (χ1) is 14.7. The van der Waals surface area contributed by atoms with Crippen molar-refractivity contribution in [2.45, 2.75) is 18.1 Å². The summed E-state index contributed by atoms with van der Waals surface area (Å²) in [6.07, 6.45) is 0. The fourth-order valence-electron chi connectivity index (χ4n) is 2.59. The van der Waals surface area contributed by atoms with E-state index < -0.39 is 28.4 Å². The molecule has 1 amide bonds. The fraction of sp³-hybridized carbons (Fsp3) is 0.0952. The molecule has 31 heavy (non-hydrogen) atoms.